The van der Waals surface area contributed by atoms with Crippen molar-refractivity contribution in [1.29, 1.82) is 0 Å². The van der Waals surface area contributed by atoms with E-state index in [4.69, 9.17) is 9.97 Å². The highest BCUT2D eigenvalue weighted by Gasteiger charge is 2.20. The van der Waals surface area contributed by atoms with Gasteiger partial charge in [-0.3, -0.25) is 0 Å². The highest BCUT2D eigenvalue weighted by molar-refractivity contribution is 9.10. The molecule has 11 rings (SSSR count). The number of aromatic nitrogens is 4. The van der Waals surface area contributed by atoms with E-state index in [-0.39, 0.29) is 0 Å². The van der Waals surface area contributed by atoms with Crippen molar-refractivity contribution in [3.63, 3.8) is 0 Å². The summed E-state index contributed by atoms with van der Waals surface area (Å²) in [4.78, 5) is 18.8. The Labute approximate surface area is 351 Å². The van der Waals surface area contributed by atoms with Crippen LogP contribution in [0.25, 0.3) is 112 Å². The van der Waals surface area contributed by atoms with E-state index in [1.807, 2.05) is 0 Å². The third-order valence-electron chi connectivity index (χ3n) is 11.1. The van der Waals surface area contributed by atoms with Crippen molar-refractivity contribution in [3.8, 4) is 44.5 Å². The van der Waals surface area contributed by atoms with Gasteiger partial charge < -0.3 is 9.97 Å². The molecule has 0 amide bonds. The van der Waals surface area contributed by atoms with Crippen LogP contribution in [-0.4, -0.2) is 19.9 Å². The number of nitrogens with one attached hydrogen (secondary N) is 2. The Hall–Kier alpha value is -6.60. The van der Waals surface area contributed by atoms with Gasteiger partial charge in [0.25, 0.3) is 0 Å². The van der Waals surface area contributed by atoms with E-state index in [0.29, 0.717) is 0 Å². The number of aromatic amines is 2. The largest absolute Gasteiger partial charge is 0.354 e. The van der Waals surface area contributed by atoms with Gasteiger partial charge in [0.15, 0.2) is 0 Å². The van der Waals surface area contributed by atoms with Crippen LogP contribution in [0.3, 0.4) is 0 Å². The molecule has 0 saturated heterocycles. The van der Waals surface area contributed by atoms with Crippen molar-refractivity contribution < 1.29 is 0 Å². The van der Waals surface area contributed by atoms with Gasteiger partial charge >= 0.3 is 0 Å². The molecule has 0 atom stereocenters. The Morgan fingerprint density at radius 2 is 0.672 bits per heavy atom. The third-order valence-corrected chi connectivity index (χ3v) is 12.2. The Kier molecular flexibility index (Phi) is 8.42. The normalized spacial score (nSPS) is 12.2. The topological polar surface area (TPSA) is 57.4 Å². The second kappa shape index (κ2) is 14.1. The number of halogens is 2. The molecule has 0 radical (unpaired) electrons. The molecule has 2 N–H and O–H groups in total. The summed E-state index contributed by atoms with van der Waals surface area (Å²) in [6, 6.07) is 55.8. The molecule has 6 heteroatoms. The van der Waals surface area contributed by atoms with Crippen LogP contribution < -0.4 is 0 Å². The van der Waals surface area contributed by atoms with Gasteiger partial charge in [-0.15, -0.1) is 0 Å². The van der Waals surface area contributed by atoms with Crippen LogP contribution in [0.4, 0.5) is 0 Å². The SMILES string of the molecule is Brc1ccc(-c2c3nc(c(-c4cccc5ccccc45)c4ccc([nH]4)c(-c4ccc(Br)cc4)c4nc(c(-c5cccc6ccccc56)c5ccc2[nH]5)C=C4)C=C3)cc1. The molecule has 9 aromatic rings. The Balaban J connectivity index is 1.34. The predicted octanol–water partition coefficient (Wildman–Crippen LogP) is 15.2. The first kappa shape index (κ1) is 34.6. The summed E-state index contributed by atoms with van der Waals surface area (Å²) in [5, 5.41) is 4.68. The summed E-state index contributed by atoms with van der Waals surface area (Å²) < 4.78 is 2.04. The van der Waals surface area contributed by atoms with Crippen molar-refractivity contribution in [2.24, 2.45) is 0 Å². The van der Waals surface area contributed by atoms with E-state index in [2.05, 4.69) is 224 Å². The smallest absolute Gasteiger partial charge is 0.0737 e. The lowest BCUT2D eigenvalue weighted by atomic mass is 9.97. The lowest BCUT2D eigenvalue weighted by Gasteiger charge is -2.10. The van der Waals surface area contributed by atoms with E-state index in [9.17, 15) is 0 Å². The number of benzene rings is 6. The number of hydrogen-bond acceptors (Lipinski definition) is 2. The van der Waals surface area contributed by atoms with Crippen LogP contribution in [0.15, 0.2) is 167 Å². The van der Waals surface area contributed by atoms with Crippen molar-refractivity contribution >= 4 is 99.8 Å². The first-order chi connectivity index (χ1) is 28.6. The lowest BCUT2D eigenvalue weighted by Crippen LogP contribution is -1.90. The molecule has 5 heterocycles. The molecular weight excluding hydrogens is 840 g/mol. The number of rotatable bonds is 4. The minimum absolute atomic E-state index is 0.880. The van der Waals surface area contributed by atoms with Crippen LogP contribution in [0.2, 0.25) is 0 Å². The molecule has 58 heavy (non-hydrogen) atoms. The van der Waals surface area contributed by atoms with Crippen molar-refractivity contribution in [2.45, 2.75) is 0 Å². The molecule has 2 aliphatic heterocycles. The summed E-state index contributed by atoms with van der Waals surface area (Å²) >= 11 is 7.34. The van der Waals surface area contributed by atoms with Crippen LogP contribution in [0.1, 0.15) is 22.8 Å². The minimum Gasteiger partial charge on any atom is -0.354 e. The quantitative estimate of drug-likeness (QED) is 0.185. The lowest BCUT2D eigenvalue weighted by molar-refractivity contribution is 1.31. The van der Waals surface area contributed by atoms with Gasteiger partial charge in [-0.25, -0.2) is 9.97 Å². The zero-order chi connectivity index (χ0) is 38.7. The van der Waals surface area contributed by atoms with Gasteiger partial charge in [-0.05, 0) is 117 Å². The molecule has 0 spiro atoms. The Bertz CT molecular complexity index is 3120. The average Bonchev–Trinajstić information content (AvgIpc) is 4.10. The summed E-state index contributed by atoms with van der Waals surface area (Å²) in [7, 11) is 0. The summed E-state index contributed by atoms with van der Waals surface area (Å²) in [5.74, 6) is 0. The van der Waals surface area contributed by atoms with Gasteiger partial charge in [0.1, 0.15) is 0 Å². The highest BCUT2D eigenvalue weighted by atomic mass is 79.9. The molecule has 0 fully saturated rings. The molecule has 4 nitrogen and oxygen atoms in total. The third kappa shape index (κ3) is 5.96. The summed E-state index contributed by atoms with van der Waals surface area (Å²) in [6.07, 6.45) is 8.62. The zero-order valence-corrected chi connectivity index (χ0v) is 34.1. The van der Waals surface area contributed by atoms with Crippen LogP contribution >= 0.6 is 31.9 Å². The number of fused-ring (bicyclic) bond motifs is 10. The van der Waals surface area contributed by atoms with Gasteiger partial charge in [-0.1, -0.05) is 141 Å². The first-order valence-corrected chi connectivity index (χ1v) is 20.8. The number of hydrogen-bond donors (Lipinski definition) is 2. The maximum Gasteiger partial charge on any atom is 0.0737 e. The van der Waals surface area contributed by atoms with E-state index < -0.39 is 0 Å². The molecule has 3 aromatic heterocycles. The number of nitrogens with zero attached hydrogens (tertiary/aromatic N) is 2. The van der Waals surface area contributed by atoms with Gasteiger partial charge in [0.05, 0.1) is 22.8 Å². The fraction of sp³-hybridized carbons (Fsp3) is 0. The van der Waals surface area contributed by atoms with Crippen LogP contribution in [0.5, 0.6) is 0 Å². The van der Waals surface area contributed by atoms with Gasteiger partial charge in [0, 0.05) is 53.3 Å². The second-order valence-corrected chi connectivity index (χ2v) is 16.4. The Morgan fingerprint density at radius 3 is 1.09 bits per heavy atom. The summed E-state index contributed by atoms with van der Waals surface area (Å²) in [6.45, 7) is 0. The van der Waals surface area contributed by atoms with Gasteiger partial charge in [0.2, 0.25) is 0 Å². The second-order valence-electron chi connectivity index (χ2n) is 14.6. The van der Waals surface area contributed by atoms with Crippen LogP contribution in [-0.2, 0) is 0 Å². The summed E-state index contributed by atoms with van der Waals surface area (Å²) in [5.41, 5.74) is 15.8. The highest BCUT2D eigenvalue weighted by Crippen LogP contribution is 2.41. The van der Waals surface area contributed by atoms with Crippen molar-refractivity contribution in [3.05, 3.63) is 189 Å². The molecule has 6 aromatic carbocycles. The molecule has 8 bridgehead atoms. The zero-order valence-electron chi connectivity index (χ0n) is 31.0. The fourth-order valence-electron chi connectivity index (χ4n) is 8.50. The van der Waals surface area contributed by atoms with Crippen molar-refractivity contribution in [2.75, 3.05) is 0 Å². The molecule has 274 valence electrons. The standard InChI is InChI=1S/C52H32Br2N4/c53-35-19-15-33(16-20-35)49-41-23-27-45(55-41)51(39-13-5-9-31-7-1-3-11-37(31)39)46-28-24-42(56-46)50(34-17-21-36(54)22-18-34)44-26-30-48(58-44)52(47-29-25-43(49)57-47)40-14-6-10-32-8-2-4-12-38(32)40/h1-30,55,58H. The molecule has 2 aliphatic rings. The van der Waals surface area contributed by atoms with E-state index in [1.54, 1.807) is 0 Å². The van der Waals surface area contributed by atoms with E-state index in [1.165, 1.54) is 10.8 Å². The monoisotopic (exact) mass is 870 g/mol. The van der Waals surface area contributed by atoms with Crippen molar-refractivity contribution in [1.82, 2.24) is 19.9 Å². The van der Waals surface area contributed by atoms with E-state index in [0.717, 1.165) is 109 Å². The maximum atomic E-state index is 5.51. The first-order valence-electron chi connectivity index (χ1n) is 19.2. The predicted molar refractivity (Wildman–Crippen MR) is 251 cm³/mol. The Morgan fingerprint density at radius 1 is 0.328 bits per heavy atom. The molecular formula is C52H32Br2N4. The molecule has 0 unspecified atom stereocenters. The fourth-order valence-corrected chi connectivity index (χ4v) is 9.03. The number of H-pyrrole nitrogens is 2. The molecule has 0 saturated carbocycles. The van der Waals surface area contributed by atoms with Gasteiger partial charge in [-0.2, -0.15) is 0 Å². The van der Waals surface area contributed by atoms with E-state index >= 15 is 0 Å². The average molecular weight is 873 g/mol. The molecule has 0 aliphatic carbocycles. The van der Waals surface area contributed by atoms with Crippen LogP contribution in [0, 0.1) is 0 Å². The minimum atomic E-state index is 0.880. The maximum absolute atomic E-state index is 5.51.